The number of nitrogens with one attached hydrogen (secondary N) is 2. The lowest BCUT2D eigenvalue weighted by molar-refractivity contribution is -0.119. The number of hydrogen-bond donors (Lipinski definition) is 2. The second-order valence-corrected chi connectivity index (χ2v) is 1.81. The summed E-state index contributed by atoms with van der Waals surface area (Å²) in [5.74, 6) is -0.0816. The summed E-state index contributed by atoms with van der Waals surface area (Å²) >= 11 is 0. The molecule has 0 saturated carbocycles. The molecule has 0 fully saturated rings. The van der Waals surface area contributed by atoms with Crippen LogP contribution in [0.15, 0.2) is 0 Å². The van der Waals surface area contributed by atoms with Crippen LogP contribution in [0.5, 0.6) is 0 Å². The number of amides is 1. The van der Waals surface area contributed by atoms with Gasteiger partial charge in [0.2, 0.25) is 5.91 Å². The van der Waals surface area contributed by atoms with Gasteiger partial charge < -0.3 is 10.7 Å². The Balaban J connectivity index is 3.47. The van der Waals surface area contributed by atoms with Crippen LogP contribution in [0.4, 0.5) is 0 Å². The standard InChI is InChI=1S/C6H12N2O/c1-3-5(7)4-6(9)8-2/h7H,3-4H2,1-2H3,(H,8,9). The van der Waals surface area contributed by atoms with E-state index < -0.39 is 0 Å². The Kier molecular flexibility index (Phi) is 3.67. The van der Waals surface area contributed by atoms with E-state index in [1.807, 2.05) is 6.92 Å². The van der Waals surface area contributed by atoms with Crippen LogP contribution in [0, 0.1) is 5.41 Å². The van der Waals surface area contributed by atoms with Gasteiger partial charge in [-0.1, -0.05) is 6.92 Å². The van der Waals surface area contributed by atoms with Crippen LogP contribution in [-0.4, -0.2) is 18.7 Å². The topological polar surface area (TPSA) is 53.0 Å². The number of carbonyl (C=O) groups is 1. The molecule has 0 heterocycles. The Labute approximate surface area is 55.0 Å². The Morgan fingerprint density at radius 1 is 1.67 bits per heavy atom. The first-order valence-corrected chi connectivity index (χ1v) is 2.97. The van der Waals surface area contributed by atoms with Gasteiger partial charge in [0.05, 0.1) is 6.42 Å². The molecule has 0 unspecified atom stereocenters. The maximum atomic E-state index is 10.5. The molecule has 0 aromatic carbocycles. The van der Waals surface area contributed by atoms with Gasteiger partial charge in [0.15, 0.2) is 0 Å². The third-order valence-corrected chi connectivity index (χ3v) is 1.08. The van der Waals surface area contributed by atoms with Crippen LogP contribution >= 0.6 is 0 Å². The van der Waals surface area contributed by atoms with E-state index in [1.54, 1.807) is 7.05 Å². The molecular formula is C6H12N2O. The van der Waals surface area contributed by atoms with Crippen molar-refractivity contribution in [1.82, 2.24) is 5.32 Å². The lowest BCUT2D eigenvalue weighted by Gasteiger charge is -1.97. The van der Waals surface area contributed by atoms with E-state index in [4.69, 9.17) is 5.41 Å². The largest absolute Gasteiger partial charge is 0.359 e. The predicted molar refractivity (Wildman–Crippen MR) is 36.7 cm³/mol. The van der Waals surface area contributed by atoms with Crippen LogP contribution in [0.3, 0.4) is 0 Å². The van der Waals surface area contributed by atoms with E-state index in [1.165, 1.54) is 0 Å². The number of rotatable bonds is 3. The molecule has 1 amide bonds. The van der Waals surface area contributed by atoms with Gasteiger partial charge in [-0.05, 0) is 6.42 Å². The van der Waals surface area contributed by atoms with Crippen molar-refractivity contribution >= 4 is 11.6 Å². The van der Waals surface area contributed by atoms with Gasteiger partial charge in [0, 0.05) is 12.8 Å². The summed E-state index contributed by atoms with van der Waals surface area (Å²) in [7, 11) is 1.57. The van der Waals surface area contributed by atoms with Crippen molar-refractivity contribution in [2.75, 3.05) is 7.05 Å². The zero-order chi connectivity index (χ0) is 7.28. The molecule has 0 bridgehead atoms. The molecule has 0 rings (SSSR count). The smallest absolute Gasteiger partial charge is 0.225 e. The summed E-state index contributed by atoms with van der Waals surface area (Å²) in [5.41, 5.74) is 0.481. The molecule has 0 aliphatic rings. The first-order chi connectivity index (χ1) is 4.20. The fraction of sp³-hybridized carbons (Fsp3) is 0.667. The van der Waals surface area contributed by atoms with Crippen LogP contribution in [0.2, 0.25) is 0 Å². The van der Waals surface area contributed by atoms with E-state index >= 15 is 0 Å². The molecule has 0 aliphatic carbocycles. The van der Waals surface area contributed by atoms with Crippen molar-refractivity contribution in [3.05, 3.63) is 0 Å². The third-order valence-electron chi connectivity index (χ3n) is 1.08. The number of carbonyl (C=O) groups excluding carboxylic acids is 1. The first kappa shape index (κ1) is 8.14. The zero-order valence-corrected chi connectivity index (χ0v) is 5.82. The van der Waals surface area contributed by atoms with Gasteiger partial charge in [-0.15, -0.1) is 0 Å². The second kappa shape index (κ2) is 4.06. The van der Waals surface area contributed by atoms with Crippen molar-refractivity contribution in [2.24, 2.45) is 0 Å². The molecule has 0 radical (unpaired) electrons. The maximum Gasteiger partial charge on any atom is 0.225 e. The SMILES string of the molecule is CCC(=N)CC(=O)NC. The van der Waals surface area contributed by atoms with Gasteiger partial charge >= 0.3 is 0 Å². The van der Waals surface area contributed by atoms with Crippen molar-refractivity contribution in [1.29, 1.82) is 5.41 Å². The van der Waals surface area contributed by atoms with Crippen molar-refractivity contribution in [3.8, 4) is 0 Å². The fourth-order valence-corrected chi connectivity index (χ4v) is 0.407. The van der Waals surface area contributed by atoms with Crippen LogP contribution in [0.1, 0.15) is 19.8 Å². The van der Waals surface area contributed by atoms with Gasteiger partial charge in [0.1, 0.15) is 0 Å². The second-order valence-electron chi connectivity index (χ2n) is 1.81. The zero-order valence-electron chi connectivity index (χ0n) is 5.82. The normalized spacial score (nSPS) is 8.67. The summed E-state index contributed by atoms with van der Waals surface area (Å²) < 4.78 is 0. The highest BCUT2D eigenvalue weighted by atomic mass is 16.1. The Morgan fingerprint density at radius 3 is 2.56 bits per heavy atom. The highest BCUT2D eigenvalue weighted by Crippen LogP contribution is 1.87. The molecule has 0 aliphatic heterocycles. The predicted octanol–water partition coefficient (Wildman–Crippen LogP) is 0.552. The maximum absolute atomic E-state index is 10.5. The third kappa shape index (κ3) is 3.70. The van der Waals surface area contributed by atoms with E-state index in [0.717, 1.165) is 0 Å². The first-order valence-electron chi connectivity index (χ1n) is 2.97. The average Bonchev–Trinajstić information content (AvgIpc) is 1.87. The Hall–Kier alpha value is -0.860. The average molecular weight is 128 g/mol. The minimum absolute atomic E-state index is 0.0816. The summed E-state index contributed by atoms with van der Waals surface area (Å²) in [5, 5.41) is 9.56. The summed E-state index contributed by atoms with van der Waals surface area (Å²) in [6, 6.07) is 0. The Morgan fingerprint density at radius 2 is 2.22 bits per heavy atom. The molecule has 0 aromatic heterocycles. The highest BCUT2D eigenvalue weighted by Gasteiger charge is 1.99. The molecule has 3 heteroatoms. The van der Waals surface area contributed by atoms with Gasteiger partial charge in [-0.2, -0.15) is 0 Å². The molecular weight excluding hydrogens is 116 g/mol. The minimum Gasteiger partial charge on any atom is -0.359 e. The molecule has 0 spiro atoms. The van der Waals surface area contributed by atoms with Crippen LogP contribution < -0.4 is 5.32 Å². The van der Waals surface area contributed by atoms with Crippen molar-refractivity contribution in [2.45, 2.75) is 19.8 Å². The Bertz CT molecular complexity index is 106. The quantitative estimate of drug-likeness (QED) is 0.536. The molecule has 0 atom stereocenters. The lowest BCUT2D eigenvalue weighted by atomic mass is 10.2. The molecule has 52 valence electrons. The molecule has 0 aromatic rings. The molecule has 0 saturated heterocycles. The molecule has 3 nitrogen and oxygen atoms in total. The van der Waals surface area contributed by atoms with E-state index in [2.05, 4.69) is 5.32 Å². The number of hydrogen-bond acceptors (Lipinski definition) is 2. The lowest BCUT2D eigenvalue weighted by Crippen LogP contribution is -2.20. The van der Waals surface area contributed by atoms with Crippen LogP contribution in [0.25, 0.3) is 0 Å². The van der Waals surface area contributed by atoms with E-state index in [9.17, 15) is 4.79 Å². The van der Waals surface area contributed by atoms with Gasteiger partial charge in [0.25, 0.3) is 0 Å². The monoisotopic (exact) mass is 128 g/mol. The van der Waals surface area contributed by atoms with Gasteiger partial charge in [-0.3, -0.25) is 4.79 Å². The summed E-state index contributed by atoms with van der Waals surface area (Å²) in [6.07, 6.45) is 0.903. The minimum atomic E-state index is -0.0816. The van der Waals surface area contributed by atoms with Crippen molar-refractivity contribution < 1.29 is 4.79 Å². The molecule has 2 N–H and O–H groups in total. The fourth-order valence-electron chi connectivity index (χ4n) is 0.407. The van der Waals surface area contributed by atoms with E-state index in [-0.39, 0.29) is 12.3 Å². The summed E-state index contributed by atoms with van der Waals surface area (Å²) in [6.45, 7) is 1.87. The van der Waals surface area contributed by atoms with E-state index in [0.29, 0.717) is 12.1 Å². The van der Waals surface area contributed by atoms with Crippen molar-refractivity contribution in [3.63, 3.8) is 0 Å². The molecule has 9 heavy (non-hydrogen) atoms. The van der Waals surface area contributed by atoms with Crippen LogP contribution in [-0.2, 0) is 4.79 Å². The summed E-state index contributed by atoms with van der Waals surface area (Å²) in [4.78, 5) is 10.5. The highest BCUT2D eigenvalue weighted by molar-refractivity contribution is 5.99. The van der Waals surface area contributed by atoms with Gasteiger partial charge in [-0.25, -0.2) is 0 Å².